The van der Waals surface area contributed by atoms with E-state index in [2.05, 4.69) is 4.98 Å². The van der Waals surface area contributed by atoms with E-state index in [1.54, 1.807) is 12.3 Å². The smallest absolute Gasteiger partial charge is 0.399 e. The molecular formula is C15H16BClFNO2. The number of halogens is 2. The molecule has 0 spiro atoms. The third kappa shape index (κ3) is 2.33. The first-order valence-electron chi connectivity index (χ1n) is 6.80. The fourth-order valence-corrected chi connectivity index (χ4v) is 2.49. The molecule has 0 unspecified atom stereocenters. The van der Waals surface area contributed by atoms with Crippen molar-refractivity contribution in [2.75, 3.05) is 0 Å². The molecule has 2 heterocycles. The second-order valence-corrected chi connectivity index (χ2v) is 6.67. The van der Waals surface area contributed by atoms with Crippen LogP contribution in [0.5, 0.6) is 0 Å². The van der Waals surface area contributed by atoms with E-state index in [-0.39, 0.29) is 5.02 Å². The number of nitrogens with zero attached hydrogens (tertiary/aromatic N) is 1. The Morgan fingerprint density at radius 2 is 1.76 bits per heavy atom. The molecule has 1 fully saturated rings. The molecule has 0 radical (unpaired) electrons. The van der Waals surface area contributed by atoms with Crippen molar-refractivity contribution in [3.8, 4) is 0 Å². The molecule has 1 saturated heterocycles. The van der Waals surface area contributed by atoms with Crippen molar-refractivity contribution in [2.45, 2.75) is 38.9 Å². The molecule has 1 aliphatic heterocycles. The predicted octanol–water partition coefficient (Wildman–Crippen LogP) is 3.33. The summed E-state index contributed by atoms with van der Waals surface area (Å²) in [6.45, 7) is 7.98. The summed E-state index contributed by atoms with van der Waals surface area (Å²) >= 11 is 5.93. The van der Waals surface area contributed by atoms with Crippen LogP contribution in [-0.4, -0.2) is 23.3 Å². The molecule has 0 amide bonds. The first-order valence-corrected chi connectivity index (χ1v) is 7.18. The van der Waals surface area contributed by atoms with E-state index in [1.165, 1.54) is 6.07 Å². The number of fused-ring (bicyclic) bond motifs is 1. The quantitative estimate of drug-likeness (QED) is 0.757. The molecular weight excluding hydrogens is 291 g/mol. The Balaban J connectivity index is 2.02. The molecule has 0 aliphatic carbocycles. The lowest BCUT2D eigenvalue weighted by Crippen LogP contribution is -2.41. The molecule has 0 saturated carbocycles. The lowest BCUT2D eigenvalue weighted by molar-refractivity contribution is 0.00578. The van der Waals surface area contributed by atoms with Crippen LogP contribution in [-0.2, 0) is 9.31 Å². The van der Waals surface area contributed by atoms with Gasteiger partial charge in [-0.3, -0.25) is 4.98 Å². The van der Waals surface area contributed by atoms with Crippen LogP contribution in [0.3, 0.4) is 0 Å². The Labute approximate surface area is 128 Å². The topological polar surface area (TPSA) is 31.4 Å². The van der Waals surface area contributed by atoms with Crippen LogP contribution in [0, 0.1) is 5.82 Å². The summed E-state index contributed by atoms with van der Waals surface area (Å²) in [6, 6.07) is 4.86. The molecule has 1 aromatic heterocycles. The van der Waals surface area contributed by atoms with Gasteiger partial charge in [0.25, 0.3) is 0 Å². The zero-order chi connectivity index (χ0) is 15.4. The van der Waals surface area contributed by atoms with Crippen LogP contribution in [0.15, 0.2) is 24.4 Å². The van der Waals surface area contributed by atoms with Crippen LogP contribution >= 0.6 is 11.6 Å². The molecule has 21 heavy (non-hydrogen) atoms. The van der Waals surface area contributed by atoms with Gasteiger partial charge >= 0.3 is 7.12 Å². The maximum Gasteiger partial charge on any atom is 0.496 e. The van der Waals surface area contributed by atoms with Gasteiger partial charge in [-0.25, -0.2) is 4.39 Å². The predicted molar refractivity (Wildman–Crippen MR) is 82.4 cm³/mol. The highest BCUT2D eigenvalue weighted by molar-refractivity contribution is 6.62. The molecule has 2 aromatic rings. The van der Waals surface area contributed by atoms with E-state index < -0.39 is 24.1 Å². The van der Waals surface area contributed by atoms with Gasteiger partial charge in [0.15, 0.2) is 0 Å². The van der Waals surface area contributed by atoms with E-state index in [0.29, 0.717) is 5.52 Å². The van der Waals surface area contributed by atoms with Crippen LogP contribution in [0.4, 0.5) is 4.39 Å². The summed E-state index contributed by atoms with van der Waals surface area (Å²) < 4.78 is 25.4. The fourth-order valence-electron chi connectivity index (χ4n) is 2.27. The van der Waals surface area contributed by atoms with E-state index >= 15 is 0 Å². The SMILES string of the molecule is CC1(C)OB(c2cnc3c(Cl)c(F)ccc3c2)OC1(C)C. The summed E-state index contributed by atoms with van der Waals surface area (Å²) in [5.41, 5.74) is 0.417. The minimum atomic E-state index is -0.490. The van der Waals surface area contributed by atoms with E-state index in [1.807, 2.05) is 33.8 Å². The molecule has 0 N–H and O–H groups in total. The zero-order valence-corrected chi connectivity index (χ0v) is 13.2. The van der Waals surface area contributed by atoms with Gasteiger partial charge in [-0.2, -0.15) is 0 Å². The van der Waals surface area contributed by atoms with Gasteiger partial charge in [0, 0.05) is 17.0 Å². The molecule has 110 valence electrons. The van der Waals surface area contributed by atoms with Crippen LogP contribution in [0.1, 0.15) is 27.7 Å². The standard InChI is InChI=1S/C15H16BClFNO2/c1-14(2)15(3,4)21-16(20-14)10-7-9-5-6-11(18)12(17)13(9)19-8-10/h5-8H,1-4H3. The minimum absolute atomic E-state index is 0.0352. The number of hydrogen-bond donors (Lipinski definition) is 0. The molecule has 1 aliphatic rings. The first kappa shape index (κ1) is 14.8. The summed E-state index contributed by atoms with van der Waals surface area (Å²) in [4.78, 5) is 4.25. The second-order valence-electron chi connectivity index (χ2n) is 6.29. The number of aromatic nitrogens is 1. The lowest BCUT2D eigenvalue weighted by atomic mass is 9.80. The summed E-state index contributed by atoms with van der Waals surface area (Å²) in [5.74, 6) is -0.472. The fraction of sp³-hybridized carbons (Fsp3) is 0.400. The Morgan fingerprint density at radius 3 is 2.38 bits per heavy atom. The van der Waals surface area contributed by atoms with Gasteiger partial charge in [0.1, 0.15) is 10.8 Å². The molecule has 1 aromatic carbocycles. The van der Waals surface area contributed by atoms with Crippen molar-refractivity contribution in [1.29, 1.82) is 0 Å². The maximum absolute atomic E-state index is 13.4. The summed E-state index contributed by atoms with van der Waals surface area (Å²) in [7, 11) is -0.490. The highest BCUT2D eigenvalue weighted by Crippen LogP contribution is 2.36. The maximum atomic E-state index is 13.4. The number of benzene rings is 1. The Hall–Kier alpha value is -1.17. The Bertz CT molecular complexity index is 704. The van der Waals surface area contributed by atoms with Crippen molar-refractivity contribution in [3.63, 3.8) is 0 Å². The Morgan fingerprint density at radius 1 is 1.14 bits per heavy atom. The summed E-state index contributed by atoms with van der Waals surface area (Å²) in [6.07, 6.45) is 1.62. The van der Waals surface area contributed by atoms with Crippen LogP contribution in [0.25, 0.3) is 10.9 Å². The number of rotatable bonds is 1. The van der Waals surface area contributed by atoms with Gasteiger partial charge in [0.2, 0.25) is 0 Å². The van der Waals surface area contributed by atoms with Gasteiger partial charge in [-0.05, 0) is 39.8 Å². The Kier molecular flexibility index (Phi) is 3.28. The second kappa shape index (κ2) is 4.67. The monoisotopic (exact) mass is 307 g/mol. The van der Waals surface area contributed by atoms with E-state index in [9.17, 15) is 4.39 Å². The average molecular weight is 308 g/mol. The van der Waals surface area contributed by atoms with Crippen molar-refractivity contribution in [1.82, 2.24) is 4.98 Å². The molecule has 3 rings (SSSR count). The van der Waals surface area contributed by atoms with Crippen LogP contribution in [0.2, 0.25) is 5.02 Å². The average Bonchev–Trinajstić information content (AvgIpc) is 2.63. The van der Waals surface area contributed by atoms with Gasteiger partial charge in [-0.1, -0.05) is 17.7 Å². The van der Waals surface area contributed by atoms with Gasteiger partial charge in [-0.15, -0.1) is 0 Å². The molecule has 0 bridgehead atoms. The highest BCUT2D eigenvalue weighted by Gasteiger charge is 2.51. The third-order valence-electron chi connectivity index (χ3n) is 4.29. The highest BCUT2D eigenvalue weighted by atomic mass is 35.5. The van der Waals surface area contributed by atoms with Gasteiger partial charge in [0.05, 0.1) is 16.7 Å². The van der Waals surface area contributed by atoms with Gasteiger partial charge < -0.3 is 9.31 Å². The normalized spacial score (nSPS) is 20.2. The summed E-state index contributed by atoms with van der Waals surface area (Å²) in [5, 5.41) is 0.793. The lowest BCUT2D eigenvalue weighted by Gasteiger charge is -2.32. The third-order valence-corrected chi connectivity index (χ3v) is 4.65. The van der Waals surface area contributed by atoms with Crippen molar-refractivity contribution < 1.29 is 13.7 Å². The van der Waals surface area contributed by atoms with E-state index in [4.69, 9.17) is 20.9 Å². The molecule has 0 atom stereocenters. The van der Waals surface area contributed by atoms with E-state index in [0.717, 1.165) is 10.8 Å². The molecule has 6 heteroatoms. The number of pyridine rings is 1. The van der Waals surface area contributed by atoms with Crippen molar-refractivity contribution in [3.05, 3.63) is 35.2 Å². The molecule has 3 nitrogen and oxygen atoms in total. The van der Waals surface area contributed by atoms with Crippen molar-refractivity contribution in [2.24, 2.45) is 0 Å². The van der Waals surface area contributed by atoms with Crippen molar-refractivity contribution >= 4 is 35.1 Å². The number of hydrogen-bond acceptors (Lipinski definition) is 3. The zero-order valence-electron chi connectivity index (χ0n) is 12.4. The van der Waals surface area contributed by atoms with Crippen LogP contribution < -0.4 is 5.46 Å². The minimum Gasteiger partial charge on any atom is -0.399 e. The first-order chi connectivity index (χ1) is 9.71. The largest absolute Gasteiger partial charge is 0.496 e.